The summed E-state index contributed by atoms with van der Waals surface area (Å²) in [5.41, 5.74) is 4.02. The lowest BCUT2D eigenvalue weighted by Gasteiger charge is -2.17. The number of ether oxygens (including phenoxy) is 1. The van der Waals surface area contributed by atoms with Gasteiger partial charge in [0.25, 0.3) is 5.91 Å². The van der Waals surface area contributed by atoms with Crippen LogP contribution in [0.1, 0.15) is 36.2 Å². The topological polar surface area (TPSA) is 41.6 Å². The number of benzene rings is 2. The van der Waals surface area contributed by atoms with Crippen LogP contribution in [0.15, 0.2) is 42.5 Å². The second kappa shape index (κ2) is 7.39. The van der Waals surface area contributed by atoms with E-state index in [1.54, 1.807) is 12.1 Å². The lowest BCUT2D eigenvalue weighted by atomic mass is 10.1. The molecule has 4 heteroatoms. The van der Waals surface area contributed by atoms with Gasteiger partial charge >= 0.3 is 0 Å². The number of likely N-dealkylation sites (N-methyl/N-ethyl adjacent to an activating group) is 1. The van der Waals surface area contributed by atoms with Crippen molar-refractivity contribution in [2.24, 2.45) is 0 Å². The highest BCUT2D eigenvalue weighted by molar-refractivity contribution is 6.04. The summed E-state index contributed by atoms with van der Waals surface area (Å²) in [4.78, 5) is 14.8. The Balaban J connectivity index is 1.73. The quantitative estimate of drug-likeness (QED) is 0.869. The van der Waals surface area contributed by atoms with Crippen LogP contribution in [0, 0.1) is 0 Å². The maximum absolute atomic E-state index is 12.5. The molecule has 4 nitrogen and oxygen atoms in total. The van der Waals surface area contributed by atoms with E-state index in [2.05, 4.69) is 36.2 Å². The van der Waals surface area contributed by atoms with Crippen LogP contribution >= 0.6 is 0 Å². The highest BCUT2D eigenvalue weighted by atomic mass is 16.5. The summed E-state index contributed by atoms with van der Waals surface area (Å²) in [7, 11) is 0. The van der Waals surface area contributed by atoms with Gasteiger partial charge in [-0.2, -0.15) is 0 Å². The van der Waals surface area contributed by atoms with E-state index in [-0.39, 0.29) is 5.91 Å². The van der Waals surface area contributed by atoms with E-state index in [4.69, 9.17) is 4.74 Å². The molecule has 0 atom stereocenters. The molecule has 0 saturated heterocycles. The van der Waals surface area contributed by atoms with Gasteiger partial charge in [-0.05, 0) is 55.7 Å². The highest BCUT2D eigenvalue weighted by Crippen LogP contribution is 2.30. The largest absolute Gasteiger partial charge is 0.494 e. The third kappa shape index (κ3) is 3.53. The molecule has 0 aromatic heterocycles. The second-order valence-corrected chi connectivity index (χ2v) is 6.00. The van der Waals surface area contributed by atoms with Crippen molar-refractivity contribution in [3.8, 4) is 5.75 Å². The molecule has 1 heterocycles. The molecule has 1 amide bonds. The number of fused-ring (bicyclic) bond motifs is 1. The number of nitrogens with one attached hydrogen (secondary N) is 1. The van der Waals surface area contributed by atoms with Crippen LogP contribution in [-0.4, -0.2) is 25.6 Å². The van der Waals surface area contributed by atoms with Crippen molar-refractivity contribution in [1.82, 2.24) is 0 Å². The van der Waals surface area contributed by atoms with Crippen molar-refractivity contribution in [3.05, 3.63) is 53.6 Å². The zero-order valence-corrected chi connectivity index (χ0v) is 14.3. The molecule has 2 aromatic carbocycles. The number of hydrogen-bond donors (Lipinski definition) is 1. The van der Waals surface area contributed by atoms with Crippen LogP contribution in [0.25, 0.3) is 0 Å². The maximum Gasteiger partial charge on any atom is 0.255 e. The van der Waals surface area contributed by atoms with E-state index < -0.39 is 0 Å². The summed E-state index contributed by atoms with van der Waals surface area (Å²) >= 11 is 0. The average molecular weight is 324 g/mol. The maximum atomic E-state index is 12.5. The van der Waals surface area contributed by atoms with Crippen molar-refractivity contribution >= 4 is 17.3 Å². The van der Waals surface area contributed by atoms with Crippen molar-refractivity contribution < 1.29 is 9.53 Å². The molecule has 24 heavy (non-hydrogen) atoms. The summed E-state index contributed by atoms with van der Waals surface area (Å²) in [5.74, 6) is 0.619. The standard InChI is InChI=1S/C20H24N2O2/c1-3-12-24-18-7-5-6-16(13-18)20(23)21-17-9-8-15-10-11-22(4-2)19(15)14-17/h5-9,13-14H,3-4,10-12H2,1-2H3,(H,21,23). The van der Waals surface area contributed by atoms with Crippen LogP contribution in [-0.2, 0) is 6.42 Å². The van der Waals surface area contributed by atoms with Gasteiger partial charge in [-0.3, -0.25) is 4.79 Å². The molecule has 0 spiro atoms. The Hall–Kier alpha value is -2.49. The molecule has 0 radical (unpaired) electrons. The third-order valence-corrected chi connectivity index (χ3v) is 4.29. The number of nitrogens with zero attached hydrogens (tertiary/aromatic N) is 1. The van der Waals surface area contributed by atoms with Gasteiger partial charge < -0.3 is 15.0 Å². The Labute approximate surface area is 143 Å². The second-order valence-electron chi connectivity index (χ2n) is 6.00. The van der Waals surface area contributed by atoms with Crippen LogP contribution in [0.4, 0.5) is 11.4 Å². The van der Waals surface area contributed by atoms with Crippen molar-refractivity contribution in [2.45, 2.75) is 26.7 Å². The van der Waals surface area contributed by atoms with Gasteiger partial charge in [-0.25, -0.2) is 0 Å². The molecule has 1 aliphatic rings. The lowest BCUT2D eigenvalue weighted by molar-refractivity contribution is 0.102. The van der Waals surface area contributed by atoms with Crippen LogP contribution in [0.5, 0.6) is 5.75 Å². The molecule has 126 valence electrons. The van der Waals surface area contributed by atoms with Crippen molar-refractivity contribution in [3.63, 3.8) is 0 Å². The molecular weight excluding hydrogens is 300 g/mol. The third-order valence-electron chi connectivity index (χ3n) is 4.29. The molecule has 3 rings (SSSR count). The summed E-state index contributed by atoms with van der Waals surface area (Å²) < 4.78 is 5.60. The number of amides is 1. The van der Waals surface area contributed by atoms with Gasteiger partial charge in [-0.15, -0.1) is 0 Å². The van der Waals surface area contributed by atoms with Gasteiger partial charge in [0.2, 0.25) is 0 Å². The minimum absolute atomic E-state index is 0.113. The average Bonchev–Trinajstić information content (AvgIpc) is 3.02. The molecule has 0 bridgehead atoms. The van der Waals surface area contributed by atoms with E-state index in [1.807, 2.05) is 18.2 Å². The lowest BCUT2D eigenvalue weighted by Crippen LogP contribution is -2.19. The van der Waals surface area contributed by atoms with Crippen molar-refractivity contribution in [2.75, 3.05) is 29.9 Å². The molecule has 1 aliphatic heterocycles. The molecule has 0 fully saturated rings. The zero-order valence-electron chi connectivity index (χ0n) is 14.3. The van der Waals surface area contributed by atoms with E-state index in [0.717, 1.165) is 37.4 Å². The van der Waals surface area contributed by atoms with Gasteiger partial charge in [0, 0.05) is 30.0 Å². The molecular formula is C20H24N2O2. The smallest absolute Gasteiger partial charge is 0.255 e. The van der Waals surface area contributed by atoms with Crippen molar-refractivity contribution in [1.29, 1.82) is 0 Å². The summed E-state index contributed by atoms with van der Waals surface area (Å²) in [5, 5.41) is 2.99. The molecule has 2 aromatic rings. The first-order valence-corrected chi connectivity index (χ1v) is 8.63. The van der Waals surface area contributed by atoms with Gasteiger partial charge in [-0.1, -0.05) is 19.1 Å². The monoisotopic (exact) mass is 324 g/mol. The Kier molecular flexibility index (Phi) is 5.04. The Morgan fingerprint density at radius 2 is 2.08 bits per heavy atom. The van der Waals surface area contributed by atoms with Gasteiger partial charge in [0.1, 0.15) is 5.75 Å². The first kappa shape index (κ1) is 16.4. The molecule has 0 saturated carbocycles. The number of anilines is 2. The number of hydrogen-bond acceptors (Lipinski definition) is 3. The van der Waals surface area contributed by atoms with Gasteiger partial charge in [0.05, 0.1) is 6.61 Å². The minimum atomic E-state index is -0.113. The number of carbonyl (C=O) groups excluding carboxylic acids is 1. The summed E-state index contributed by atoms with van der Waals surface area (Å²) in [6, 6.07) is 13.5. The van der Waals surface area contributed by atoms with Crippen LogP contribution in [0.3, 0.4) is 0 Å². The van der Waals surface area contributed by atoms with Gasteiger partial charge in [0.15, 0.2) is 0 Å². The first-order chi connectivity index (χ1) is 11.7. The summed E-state index contributed by atoms with van der Waals surface area (Å²) in [6.45, 7) is 6.91. The Morgan fingerprint density at radius 1 is 1.21 bits per heavy atom. The van der Waals surface area contributed by atoms with E-state index in [1.165, 1.54) is 11.3 Å². The SMILES string of the molecule is CCCOc1cccc(C(=O)Nc2ccc3c(c2)N(CC)CC3)c1. The molecule has 0 aliphatic carbocycles. The fourth-order valence-corrected chi connectivity index (χ4v) is 3.00. The Bertz CT molecular complexity index is 727. The first-order valence-electron chi connectivity index (χ1n) is 8.63. The Morgan fingerprint density at radius 3 is 2.88 bits per heavy atom. The fraction of sp³-hybridized carbons (Fsp3) is 0.350. The number of rotatable bonds is 6. The predicted molar refractivity (Wildman–Crippen MR) is 98.2 cm³/mol. The number of carbonyl (C=O) groups is 1. The summed E-state index contributed by atoms with van der Waals surface area (Å²) in [6.07, 6.45) is 2.02. The highest BCUT2D eigenvalue weighted by Gasteiger charge is 2.18. The van der Waals surface area contributed by atoms with Crippen LogP contribution < -0.4 is 15.0 Å². The van der Waals surface area contributed by atoms with E-state index >= 15 is 0 Å². The zero-order chi connectivity index (χ0) is 16.9. The fourth-order valence-electron chi connectivity index (χ4n) is 3.00. The minimum Gasteiger partial charge on any atom is -0.494 e. The van der Waals surface area contributed by atoms with Crippen LogP contribution in [0.2, 0.25) is 0 Å². The normalized spacial score (nSPS) is 12.8. The van der Waals surface area contributed by atoms with E-state index in [9.17, 15) is 4.79 Å². The molecule has 1 N–H and O–H groups in total. The molecule has 0 unspecified atom stereocenters. The predicted octanol–water partition coefficient (Wildman–Crippen LogP) is 4.11. The van der Waals surface area contributed by atoms with E-state index in [0.29, 0.717) is 12.2 Å².